The van der Waals surface area contributed by atoms with Gasteiger partial charge in [-0.3, -0.25) is 0 Å². The molecule has 2 atom stereocenters. The van der Waals surface area contributed by atoms with E-state index in [0.29, 0.717) is 13.0 Å². The van der Waals surface area contributed by atoms with Gasteiger partial charge in [-0.2, -0.15) is 0 Å². The Labute approximate surface area is 118 Å². The molecule has 104 valence electrons. The molecule has 0 bridgehead atoms. The maximum atomic E-state index is 10.5. The van der Waals surface area contributed by atoms with E-state index in [0.717, 1.165) is 23.3 Å². The predicted molar refractivity (Wildman–Crippen MR) is 77.1 cm³/mol. The van der Waals surface area contributed by atoms with Crippen LogP contribution >= 0.6 is 0 Å². The SMILES string of the molecule is Oc1cccc(CC(O)C2CCOc3ccccc32)c1. The summed E-state index contributed by atoms with van der Waals surface area (Å²) in [6, 6.07) is 15.0. The van der Waals surface area contributed by atoms with E-state index < -0.39 is 6.10 Å². The number of fused-ring (bicyclic) bond motifs is 1. The molecule has 2 aromatic carbocycles. The molecular formula is C17H18O3. The Morgan fingerprint density at radius 3 is 2.85 bits per heavy atom. The maximum absolute atomic E-state index is 10.5. The van der Waals surface area contributed by atoms with E-state index in [2.05, 4.69) is 0 Å². The topological polar surface area (TPSA) is 49.7 Å². The van der Waals surface area contributed by atoms with Crippen LogP contribution in [0.3, 0.4) is 0 Å². The summed E-state index contributed by atoms with van der Waals surface area (Å²) in [5, 5.41) is 20.0. The fourth-order valence-electron chi connectivity index (χ4n) is 2.84. The third-order valence-corrected chi connectivity index (χ3v) is 3.82. The Bertz CT molecular complexity index is 594. The van der Waals surface area contributed by atoms with Gasteiger partial charge in [-0.15, -0.1) is 0 Å². The van der Waals surface area contributed by atoms with Crippen LogP contribution in [0.4, 0.5) is 0 Å². The van der Waals surface area contributed by atoms with Crippen LogP contribution in [0.5, 0.6) is 11.5 Å². The van der Waals surface area contributed by atoms with Gasteiger partial charge in [0.05, 0.1) is 12.7 Å². The van der Waals surface area contributed by atoms with Crippen molar-refractivity contribution in [2.75, 3.05) is 6.61 Å². The highest BCUT2D eigenvalue weighted by molar-refractivity contribution is 5.39. The Kier molecular flexibility index (Phi) is 3.61. The van der Waals surface area contributed by atoms with Crippen molar-refractivity contribution >= 4 is 0 Å². The van der Waals surface area contributed by atoms with Crippen molar-refractivity contribution in [3.05, 3.63) is 59.7 Å². The zero-order valence-electron chi connectivity index (χ0n) is 11.2. The van der Waals surface area contributed by atoms with Gasteiger partial charge >= 0.3 is 0 Å². The smallest absolute Gasteiger partial charge is 0.122 e. The summed E-state index contributed by atoms with van der Waals surface area (Å²) in [6.07, 6.45) is 0.881. The molecule has 20 heavy (non-hydrogen) atoms. The zero-order valence-corrected chi connectivity index (χ0v) is 11.2. The Morgan fingerprint density at radius 1 is 1.15 bits per heavy atom. The minimum atomic E-state index is -0.471. The first kappa shape index (κ1) is 13.0. The number of aliphatic hydroxyl groups is 1. The van der Waals surface area contributed by atoms with E-state index in [-0.39, 0.29) is 11.7 Å². The molecule has 3 nitrogen and oxygen atoms in total. The van der Waals surface area contributed by atoms with Gasteiger partial charge < -0.3 is 14.9 Å². The minimum Gasteiger partial charge on any atom is -0.508 e. The van der Waals surface area contributed by atoms with Crippen LogP contribution in [0.2, 0.25) is 0 Å². The van der Waals surface area contributed by atoms with Gasteiger partial charge in [-0.25, -0.2) is 0 Å². The third kappa shape index (κ3) is 2.63. The van der Waals surface area contributed by atoms with Gasteiger partial charge in [0.2, 0.25) is 0 Å². The monoisotopic (exact) mass is 270 g/mol. The first-order valence-electron chi connectivity index (χ1n) is 6.92. The van der Waals surface area contributed by atoms with E-state index >= 15 is 0 Å². The number of phenolic OH excluding ortho intramolecular Hbond substituents is 1. The molecule has 0 radical (unpaired) electrons. The van der Waals surface area contributed by atoms with Crippen molar-refractivity contribution in [2.45, 2.75) is 24.9 Å². The summed E-state index contributed by atoms with van der Waals surface area (Å²) in [7, 11) is 0. The van der Waals surface area contributed by atoms with Gasteiger partial charge in [-0.1, -0.05) is 30.3 Å². The number of aromatic hydroxyl groups is 1. The van der Waals surface area contributed by atoms with E-state index in [1.165, 1.54) is 0 Å². The highest BCUT2D eigenvalue weighted by atomic mass is 16.5. The van der Waals surface area contributed by atoms with Crippen molar-refractivity contribution < 1.29 is 14.9 Å². The second kappa shape index (κ2) is 5.55. The average Bonchev–Trinajstić information content (AvgIpc) is 2.46. The van der Waals surface area contributed by atoms with Crippen LogP contribution in [-0.4, -0.2) is 22.9 Å². The molecule has 3 heteroatoms. The molecule has 1 heterocycles. The minimum absolute atomic E-state index is 0.0855. The van der Waals surface area contributed by atoms with E-state index in [4.69, 9.17) is 4.74 Å². The van der Waals surface area contributed by atoms with Crippen LogP contribution in [0.15, 0.2) is 48.5 Å². The first-order chi connectivity index (χ1) is 9.74. The predicted octanol–water partition coefficient (Wildman–Crippen LogP) is 2.86. The van der Waals surface area contributed by atoms with Crippen molar-refractivity contribution in [3.63, 3.8) is 0 Å². The summed E-state index contributed by atoms with van der Waals surface area (Å²) in [4.78, 5) is 0. The summed E-state index contributed by atoms with van der Waals surface area (Å²) >= 11 is 0. The molecule has 0 saturated carbocycles. The lowest BCUT2D eigenvalue weighted by atomic mass is 9.85. The molecular weight excluding hydrogens is 252 g/mol. The lowest BCUT2D eigenvalue weighted by Crippen LogP contribution is -2.26. The molecule has 2 unspecified atom stereocenters. The number of ether oxygens (including phenoxy) is 1. The second-order valence-electron chi connectivity index (χ2n) is 5.22. The summed E-state index contributed by atoms with van der Waals surface area (Å²) in [6.45, 7) is 0.638. The largest absolute Gasteiger partial charge is 0.508 e. The second-order valence-corrected chi connectivity index (χ2v) is 5.22. The average molecular weight is 270 g/mol. The normalized spacial score (nSPS) is 18.9. The standard InChI is InChI=1S/C17H18O3/c18-13-5-3-4-12(10-13)11-16(19)14-8-9-20-17-7-2-1-6-15(14)17/h1-7,10,14,16,18-19H,8-9,11H2. The molecule has 3 rings (SSSR count). The molecule has 0 fully saturated rings. The molecule has 1 aliphatic rings. The molecule has 2 aromatic rings. The third-order valence-electron chi connectivity index (χ3n) is 3.82. The quantitative estimate of drug-likeness (QED) is 0.901. The molecule has 1 aliphatic heterocycles. The van der Waals surface area contributed by atoms with E-state index in [1.807, 2.05) is 30.3 Å². The highest BCUT2D eigenvalue weighted by Crippen LogP contribution is 2.36. The number of para-hydroxylation sites is 1. The van der Waals surface area contributed by atoms with Gasteiger partial charge in [0.1, 0.15) is 11.5 Å². The first-order valence-corrected chi connectivity index (χ1v) is 6.92. The van der Waals surface area contributed by atoms with Gasteiger partial charge in [-0.05, 0) is 42.2 Å². The molecule has 0 aromatic heterocycles. The van der Waals surface area contributed by atoms with Gasteiger partial charge in [0.25, 0.3) is 0 Å². The molecule has 2 N–H and O–H groups in total. The Balaban J connectivity index is 1.80. The lowest BCUT2D eigenvalue weighted by Gasteiger charge is -2.29. The summed E-state index contributed by atoms with van der Waals surface area (Å²) < 4.78 is 5.62. The van der Waals surface area contributed by atoms with E-state index in [1.54, 1.807) is 18.2 Å². The molecule has 0 aliphatic carbocycles. The number of benzene rings is 2. The zero-order chi connectivity index (χ0) is 13.9. The van der Waals surface area contributed by atoms with Crippen molar-refractivity contribution in [2.24, 2.45) is 0 Å². The Morgan fingerprint density at radius 2 is 2.00 bits per heavy atom. The Hall–Kier alpha value is -2.00. The maximum Gasteiger partial charge on any atom is 0.122 e. The molecule has 0 amide bonds. The highest BCUT2D eigenvalue weighted by Gasteiger charge is 2.27. The number of aliphatic hydroxyl groups excluding tert-OH is 1. The summed E-state index contributed by atoms with van der Waals surface area (Å²) in [5.41, 5.74) is 2.02. The fraction of sp³-hybridized carbons (Fsp3) is 0.294. The van der Waals surface area contributed by atoms with Crippen LogP contribution < -0.4 is 4.74 Å². The fourth-order valence-corrected chi connectivity index (χ4v) is 2.84. The van der Waals surface area contributed by atoms with Crippen LogP contribution in [0, 0.1) is 0 Å². The van der Waals surface area contributed by atoms with Crippen molar-refractivity contribution in [3.8, 4) is 11.5 Å². The van der Waals surface area contributed by atoms with Crippen LogP contribution in [0.25, 0.3) is 0 Å². The van der Waals surface area contributed by atoms with Crippen LogP contribution in [0.1, 0.15) is 23.5 Å². The molecule has 0 saturated heterocycles. The van der Waals surface area contributed by atoms with Crippen molar-refractivity contribution in [1.82, 2.24) is 0 Å². The van der Waals surface area contributed by atoms with E-state index in [9.17, 15) is 10.2 Å². The lowest BCUT2D eigenvalue weighted by molar-refractivity contribution is 0.116. The summed E-state index contributed by atoms with van der Waals surface area (Å²) in [5.74, 6) is 1.20. The van der Waals surface area contributed by atoms with Crippen molar-refractivity contribution in [1.29, 1.82) is 0 Å². The number of rotatable bonds is 3. The number of hydrogen-bond acceptors (Lipinski definition) is 3. The van der Waals surface area contributed by atoms with Crippen LogP contribution in [-0.2, 0) is 6.42 Å². The van der Waals surface area contributed by atoms with Gasteiger partial charge in [0, 0.05) is 5.92 Å². The van der Waals surface area contributed by atoms with Gasteiger partial charge in [0.15, 0.2) is 0 Å². The molecule has 0 spiro atoms. The number of phenols is 1. The number of hydrogen-bond donors (Lipinski definition) is 2.